The largest absolute Gasteiger partial charge is 0.483 e. The second-order valence-corrected chi connectivity index (χ2v) is 8.81. The molecular weight excluding hydrogens is 410 g/mol. The molecule has 1 amide bonds. The van der Waals surface area contributed by atoms with Gasteiger partial charge in [0.25, 0.3) is 5.91 Å². The Morgan fingerprint density at radius 2 is 2.10 bits per heavy atom. The van der Waals surface area contributed by atoms with Gasteiger partial charge in [-0.05, 0) is 43.2 Å². The number of rotatable bonds is 7. The van der Waals surface area contributed by atoms with E-state index in [-0.39, 0.29) is 18.6 Å². The van der Waals surface area contributed by atoms with Crippen molar-refractivity contribution in [1.82, 2.24) is 14.5 Å². The Morgan fingerprint density at radius 3 is 2.97 bits per heavy atom. The molecule has 0 saturated carbocycles. The molecule has 2 aromatic heterocycles. The molecular formula is C24H25N3O3S. The first kappa shape index (κ1) is 20.0. The number of hydrogen-bond donors (Lipinski definition) is 0. The lowest BCUT2D eigenvalue weighted by atomic mass is 10.2. The Labute approximate surface area is 185 Å². The normalized spacial score (nSPS) is 16.4. The Bertz CT molecular complexity index is 1180. The van der Waals surface area contributed by atoms with Crippen LogP contribution in [-0.4, -0.2) is 47.2 Å². The molecule has 5 rings (SSSR count). The average molecular weight is 436 g/mol. The number of methoxy groups -OCH3 is 1. The number of ether oxygens (including phenoxy) is 2. The lowest BCUT2D eigenvalue weighted by Crippen LogP contribution is -2.34. The quantitative estimate of drug-likeness (QED) is 0.424. The van der Waals surface area contributed by atoms with Crippen LogP contribution >= 0.6 is 11.3 Å². The molecule has 31 heavy (non-hydrogen) atoms. The minimum absolute atomic E-state index is 0.0116. The highest BCUT2D eigenvalue weighted by molar-refractivity contribution is 7.18. The summed E-state index contributed by atoms with van der Waals surface area (Å²) in [5, 5.41) is 2.03. The molecule has 0 radical (unpaired) electrons. The summed E-state index contributed by atoms with van der Waals surface area (Å²) in [7, 11) is 1.70. The number of amides is 1. The van der Waals surface area contributed by atoms with Crippen LogP contribution in [0.1, 0.15) is 23.9 Å². The third-order valence-corrected chi connectivity index (χ3v) is 6.97. The van der Waals surface area contributed by atoms with Crippen molar-refractivity contribution in [3.63, 3.8) is 0 Å². The fraction of sp³-hybridized carbons (Fsp3) is 0.333. The molecule has 0 aliphatic carbocycles. The molecule has 1 saturated heterocycles. The van der Waals surface area contributed by atoms with Crippen LogP contribution in [0.25, 0.3) is 21.1 Å². The molecule has 1 atom stereocenters. The van der Waals surface area contributed by atoms with Crippen molar-refractivity contribution >= 4 is 38.4 Å². The molecule has 6 nitrogen and oxygen atoms in total. The van der Waals surface area contributed by atoms with Crippen LogP contribution < -0.4 is 4.74 Å². The molecule has 4 aromatic rings. The third-order valence-electron chi connectivity index (χ3n) is 5.83. The van der Waals surface area contributed by atoms with E-state index in [9.17, 15) is 4.79 Å². The van der Waals surface area contributed by atoms with Gasteiger partial charge in [-0.3, -0.25) is 4.79 Å². The molecule has 1 aliphatic rings. The minimum atomic E-state index is 0.0116. The molecule has 1 unspecified atom stereocenters. The summed E-state index contributed by atoms with van der Waals surface area (Å²) in [6.45, 7) is 2.21. The van der Waals surface area contributed by atoms with Crippen LogP contribution in [0.15, 0.2) is 54.7 Å². The minimum Gasteiger partial charge on any atom is -0.483 e. The Morgan fingerprint density at radius 1 is 1.19 bits per heavy atom. The Kier molecular flexibility index (Phi) is 5.61. The first-order chi connectivity index (χ1) is 15.2. The van der Waals surface area contributed by atoms with Crippen LogP contribution in [0.4, 0.5) is 0 Å². The van der Waals surface area contributed by atoms with Crippen molar-refractivity contribution < 1.29 is 14.3 Å². The first-order valence-electron chi connectivity index (χ1n) is 10.6. The zero-order valence-corrected chi connectivity index (χ0v) is 18.3. The van der Waals surface area contributed by atoms with Gasteiger partial charge in [0.1, 0.15) is 10.8 Å². The molecule has 1 fully saturated rings. The SMILES string of the molecule is COCCn1ccc2c(OCC(=O)N3CCCC3c3nc4ccccc4s3)cccc21. The maximum absolute atomic E-state index is 13.1. The number of para-hydroxylation sites is 1. The van der Waals surface area contributed by atoms with Gasteiger partial charge in [0.05, 0.1) is 28.4 Å². The molecule has 7 heteroatoms. The van der Waals surface area contributed by atoms with Crippen LogP contribution in [0.2, 0.25) is 0 Å². The van der Waals surface area contributed by atoms with E-state index in [1.54, 1.807) is 18.4 Å². The van der Waals surface area contributed by atoms with Crippen molar-refractivity contribution in [1.29, 1.82) is 0 Å². The molecule has 0 N–H and O–H groups in total. The zero-order valence-electron chi connectivity index (χ0n) is 17.5. The maximum atomic E-state index is 13.1. The number of fused-ring (bicyclic) bond motifs is 2. The van der Waals surface area contributed by atoms with Gasteiger partial charge in [-0.25, -0.2) is 4.98 Å². The van der Waals surface area contributed by atoms with Gasteiger partial charge < -0.3 is 18.9 Å². The highest BCUT2D eigenvalue weighted by Gasteiger charge is 2.32. The zero-order chi connectivity index (χ0) is 21.2. The third kappa shape index (κ3) is 3.91. The summed E-state index contributed by atoms with van der Waals surface area (Å²) in [6.07, 6.45) is 3.97. The maximum Gasteiger partial charge on any atom is 0.261 e. The summed E-state index contributed by atoms with van der Waals surface area (Å²) in [4.78, 5) is 19.8. The number of nitrogens with zero attached hydrogens (tertiary/aromatic N) is 3. The standard InChI is InChI=1S/C24H25N3O3S/c1-29-15-14-26-13-11-17-19(26)7-4-9-21(17)30-16-23(28)27-12-5-8-20(27)24-25-18-6-2-3-10-22(18)31-24/h2-4,6-7,9-11,13,20H,5,8,12,14-16H2,1H3. The van der Waals surface area contributed by atoms with Crippen molar-refractivity contribution in [3.05, 3.63) is 59.7 Å². The number of benzene rings is 2. The summed E-state index contributed by atoms with van der Waals surface area (Å²) in [6, 6.07) is 16.2. The van der Waals surface area contributed by atoms with E-state index >= 15 is 0 Å². The topological polar surface area (TPSA) is 56.6 Å². The fourth-order valence-corrected chi connectivity index (χ4v) is 5.40. The van der Waals surface area contributed by atoms with Crippen molar-refractivity contribution in [2.24, 2.45) is 0 Å². The molecule has 1 aliphatic heterocycles. The lowest BCUT2D eigenvalue weighted by molar-refractivity contribution is -0.134. The Hall–Kier alpha value is -2.90. The first-order valence-corrected chi connectivity index (χ1v) is 11.4. The van der Waals surface area contributed by atoms with E-state index in [0.29, 0.717) is 6.61 Å². The Balaban J connectivity index is 1.30. The summed E-state index contributed by atoms with van der Waals surface area (Å²) >= 11 is 1.68. The number of aromatic nitrogens is 2. The highest BCUT2D eigenvalue weighted by atomic mass is 32.1. The molecule has 2 aromatic carbocycles. The fourth-order valence-electron chi connectivity index (χ4n) is 4.28. The van der Waals surface area contributed by atoms with E-state index in [2.05, 4.69) is 16.7 Å². The van der Waals surface area contributed by atoms with Crippen molar-refractivity contribution in [2.45, 2.75) is 25.4 Å². The molecule has 0 spiro atoms. The van der Waals surface area contributed by atoms with Gasteiger partial charge in [-0.2, -0.15) is 0 Å². The van der Waals surface area contributed by atoms with Gasteiger partial charge in [0.15, 0.2) is 6.61 Å². The van der Waals surface area contributed by atoms with E-state index in [1.807, 2.05) is 47.5 Å². The highest BCUT2D eigenvalue weighted by Crippen LogP contribution is 2.36. The summed E-state index contributed by atoms with van der Waals surface area (Å²) in [5.41, 5.74) is 2.08. The number of hydrogen-bond acceptors (Lipinski definition) is 5. The van der Waals surface area contributed by atoms with Crippen molar-refractivity contribution in [2.75, 3.05) is 26.9 Å². The lowest BCUT2D eigenvalue weighted by Gasteiger charge is -2.23. The van der Waals surface area contributed by atoms with Gasteiger partial charge in [0, 0.05) is 31.8 Å². The van der Waals surface area contributed by atoms with Crippen LogP contribution in [0.5, 0.6) is 5.75 Å². The number of likely N-dealkylation sites (tertiary alicyclic amines) is 1. The van der Waals surface area contributed by atoms with E-state index in [4.69, 9.17) is 14.5 Å². The number of thiazole rings is 1. The van der Waals surface area contributed by atoms with E-state index in [1.165, 1.54) is 0 Å². The number of carbonyl (C=O) groups excluding carboxylic acids is 1. The molecule has 3 heterocycles. The van der Waals surface area contributed by atoms with Gasteiger partial charge in [0.2, 0.25) is 0 Å². The van der Waals surface area contributed by atoms with Gasteiger partial charge in [-0.1, -0.05) is 18.2 Å². The van der Waals surface area contributed by atoms with E-state index < -0.39 is 0 Å². The van der Waals surface area contributed by atoms with E-state index in [0.717, 1.165) is 57.8 Å². The number of carbonyl (C=O) groups is 1. The monoisotopic (exact) mass is 435 g/mol. The van der Waals surface area contributed by atoms with Crippen LogP contribution in [0, 0.1) is 0 Å². The summed E-state index contributed by atoms with van der Waals surface area (Å²) < 4.78 is 14.5. The second kappa shape index (κ2) is 8.69. The second-order valence-electron chi connectivity index (χ2n) is 7.74. The molecule has 160 valence electrons. The van der Waals surface area contributed by atoms with Gasteiger partial charge >= 0.3 is 0 Å². The average Bonchev–Trinajstić information content (AvgIpc) is 3.53. The summed E-state index contributed by atoms with van der Waals surface area (Å²) in [5.74, 6) is 0.746. The van der Waals surface area contributed by atoms with Crippen molar-refractivity contribution in [3.8, 4) is 5.75 Å². The van der Waals surface area contributed by atoms with Gasteiger partial charge in [-0.15, -0.1) is 11.3 Å². The molecule has 0 bridgehead atoms. The smallest absolute Gasteiger partial charge is 0.261 e. The predicted molar refractivity (Wildman–Crippen MR) is 123 cm³/mol. The van der Waals surface area contributed by atoms with Crippen LogP contribution in [-0.2, 0) is 16.1 Å². The van der Waals surface area contributed by atoms with Crippen LogP contribution in [0.3, 0.4) is 0 Å². The predicted octanol–water partition coefficient (Wildman–Crippen LogP) is 4.64.